The standard InChI is InChI=1S/C7H13N3O3S/c1-5-7(14(8,11)12)6(2)10(9-5)4-13-3/h4H2,1-3H3,(H2,8,11,12). The number of nitrogens with two attached hydrogens (primary N) is 1. The fourth-order valence-corrected chi connectivity index (χ4v) is 2.31. The minimum atomic E-state index is -3.70. The summed E-state index contributed by atoms with van der Waals surface area (Å²) in [6, 6.07) is 0. The van der Waals surface area contributed by atoms with E-state index in [0.717, 1.165) is 0 Å². The van der Waals surface area contributed by atoms with Crippen LogP contribution in [0.5, 0.6) is 0 Å². The van der Waals surface area contributed by atoms with E-state index in [2.05, 4.69) is 5.10 Å². The molecule has 0 fully saturated rings. The van der Waals surface area contributed by atoms with Gasteiger partial charge in [0.25, 0.3) is 0 Å². The van der Waals surface area contributed by atoms with Crippen LogP contribution in [-0.2, 0) is 21.5 Å². The van der Waals surface area contributed by atoms with Gasteiger partial charge in [-0.2, -0.15) is 5.10 Å². The van der Waals surface area contributed by atoms with Crippen molar-refractivity contribution in [1.29, 1.82) is 0 Å². The molecule has 1 heterocycles. The average molecular weight is 219 g/mol. The number of primary sulfonamides is 1. The van der Waals surface area contributed by atoms with Crippen LogP contribution in [-0.4, -0.2) is 25.3 Å². The molecule has 0 radical (unpaired) electrons. The summed E-state index contributed by atoms with van der Waals surface area (Å²) in [6.07, 6.45) is 0. The third kappa shape index (κ3) is 1.94. The largest absolute Gasteiger partial charge is 0.362 e. The number of rotatable bonds is 3. The molecule has 0 atom stereocenters. The normalized spacial score (nSPS) is 12.0. The summed E-state index contributed by atoms with van der Waals surface area (Å²) in [5, 5.41) is 9.04. The van der Waals surface area contributed by atoms with Crippen molar-refractivity contribution in [3.63, 3.8) is 0 Å². The molecule has 1 aromatic rings. The molecule has 6 nitrogen and oxygen atoms in total. The van der Waals surface area contributed by atoms with Crippen LogP contribution in [0.1, 0.15) is 11.4 Å². The topological polar surface area (TPSA) is 87.2 Å². The second-order valence-electron chi connectivity index (χ2n) is 2.96. The lowest BCUT2D eigenvalue weighted by Crippen LogP contribution is -2.14. The lowest BCUT2D eigenvalue weighted by atomic mass is 10.4. The molecule has 7 heteroatoms. The number of sulfonamides is 1. The minimum Gasteiger partial charge on any atom is -0.362 e. The summed E-state index contributed by atoms with van der Waals surface area (Å²) < 4.78 is 28.7. The molecule has 80 valence electrons. The molecule has 2 N–H and O–H groups in total. The maximum absolute atomic E-state index is 11.2. The Balaban J connectivity index is 3.32. The van der Waals surface area contributed by atoms with Crippen molar-refractivity contribution in [2.45, 2.75) is 25.5 Å². The number of methoxy groups -OCH3 is 1. The van der Waals surface area contributed by atoms with E-state index in [0.29, 0.717) is 11.4 Å². The van der Waals surface area contributed by atoms with Gasteiger partial charge in [0.1, 0.15) is 11.6 Å². The first-order valence-electron chi connectivity index (χ1n) is 3.93. The summed E-state index contributed by atoms with van der Waals surface area (Å²) in [5.74, 6) is 0. The molecule has 1 aromatic heterocycles. The quantitative estimate of drug-likeness (QED) is 0.759. The lowest BCUT2D eigenvalue weighted by molar-refractivity contribution is 0.118. The minimum absolute atomic E-state index is 0.0783. The molecule has 1 rings (SSSR count). The van der Waals surface area contributed by atoms with Crippen LogP contribution in [0.15, 0.2) is 4.90 Å². The third-order valence-electron chi connectivity index (χ3n) is 1.85. The van der Waals surface area contributed by atoms with E-state index in [4.69, 9.17) is 9.88 Å². The van der Waals surface area contributed by atoms with Crippen molar-refractivity contribution >= 4 is 10.0 Å². The van der Waals surface area contributed by atoms with Gasteiger partial charge in [0.05, 0.1) is 11.4 Å². The van der Waals surface area contributed by atoms with Gasteiger partial charge in [0.2, 0.25) is 10.0 Å². The molecule has 0 spiro atoms. The SMILES string of the molecule is COCn1nc(C)c(S(N)(=O)=O)c1C. The number of hydrogen-bond acceptors (Lipinski definition) is 4. The first kappa shape index (κ1) is 11.2. The van der Waals surface area contributed by atoms with Crippen LogP contribution in [0.25, 0.3) is 0 Å². The predicted molar refractivity (Wildman–Crippen MR) is 50.1 cm³/mol. The summed E-state index contributed by atoms with van der Waals surface area (Å²) in [7, 11) is -2.19. The lowest BCUT2D eigenvalue weighted by Gasteiger charge is -2.01. The Labute approximate surface area is 82.7 Å². The number of aryl methyl sites for hydroxylation is 1. The van der Waals surface area contributed by atoms with Gasteiger partial charge in [-0.05, 0) is 13.8 Å². The molecule has 0 aromatic carbocycles. The molecule has 0 aliphatic rings. The zero-order chi connectivity index (χ0) is 10.9. The highest BCUT2D eigenvalue weighted by atomic mass is 32.2. The van der Waals surface area contributed by atoms with Gasteiger partial charge in [-0.15, -0.1) is 0 Å². The van der Waals surface area contributed by atoms with E-state index in [-0.39, 0.29) is 11.6 Å². The van der Waals surface area contributed by atoms with Crippen LogP contribution in [0.2, 0.25) is 0 Å². The molecule has 0 saturated heterocycles. The van der Waals surface area contributed by atoms with Gasteiger partial charge < -0.3 is 4.74 Å². The van der Waals surface area contributed by atoms with Crippen molar-refractivity contribution in [3.8, 4) is 0 Å². The van der Waals surface area contributed by atoms with Crippen LogP contribution in [0.3, 0.4) is 0 Å². The summed E-state index contributed by atoms with van der Waals surface area (Å²) in [4.78, 5) is 0.0783. The predicted octanol–water partition coefficient (Wildman–Crippen LogP) is -0.249. The average Bonchev–Trinajstić information content (AvgIpc) is 2.26. The Morgan fingerprint density at radius 2 is 2.07 bits per heavy atom. The van der Waals surface area contributed by atoms with Gasteiger partial charge in [-0.25, -0.2) is 18.2 Å². The molecule has 0 aliphatic heterocycles. The maximum Gasteiger partial charge on any atom is 0.241 e. The highest BCUT2D eigenvalue weighted by Gasteiger charge is 2.20. The Hall–Kier alpha value is -0.920. The van der Waals surface area contributed by atoms with Crippen LogP contribution < -0.4 is 5.14 Å². The molecule has 0 saturated carbocycles. The van der Waals surface area contributed by atoms with Crippen LogP contribution >= 0.6 is 0 Å². The van der Waals surface area contributed by atoms with Gasteiger partial charge in [-0.3, -0.25) is 0 Å². The Morgan fingerprint density at radius 3 is 2.43 bits per heavy atom. The van der Waals surface area contributed by atoms with E-state index in [9.17, 15) is 8.42 Å². The van der Waals surface area contributed by atoms with E-state index in [1.54, 1.807) is 13.8 Å². The van der Waals surface area contributed by atoms with Crippen molar-refractivity contribution in [1.82, 2.24) is 9.78 Å². The fourth-order valence-electron chi connectivity index (χ4n) is 1.34. The summed E-state index contributed by atoms with van der Waals surface area (Å²) in [5.41, 5.74) is 0.883. The van der Waals surface area contributed by atoms with Crippen molar-refractivity contribution in [2.24, 2.45) is 5.14 Å². The first-order chi connectivity index (χ1) is 6.38. The molecule has 0 unspecified atom stereocenters. The monoisotopic (exact) mass is 219 g/mol. The van der Waals surface area contributed by atoms with Gasteiger partial charge in [-0.1, -0.05) is 0 Å². The van der Waals surface area contributed by atoms with E-state index in [1.165, 1.54) is 11.8 Å². The number of nitrogens with zero attached hydrogens (tertiary/aromatic N) is 2. The molecular weight excluding hydrogens is 206 g/mol. The Morgan fingerprint density at radius 1 is 1.50 bits per heavy atom. The highest BCUT2D eigenvalue weighted by molar-refractivity contribution is 7.89. The molecular formula is C7H13N3O3S. The van der Waals surface area contributed by atoms with E-state index >= 15 is 0 Å². The van der Waals surface area contributed by atoms with Crippen LogP contribution in [0.4, 0.5) is 0 Å². The molecule has 0 bridgehead atoms. The smallest absolute Gasteiger partial charge is 0.241 e. The number of ether oxygens (including phenoxy) is 1. The maximum atomic E-state index is 11.2. The highest BCUT2D eigenvalue weighted by Crippen LogP contribution is 2.17. The zero-order valence-electron chi connectivity index (χ0n) is 8.31. The number of aromatic nitrogens is 2. The van der Waals surface area contributed by atoms with Crippen molar-refractivity contribution in [3.05, 3.63) is 11.4 Å². The summed E-state index contributed by atoms with van der Waals surface area (Å²) >= 11 is 0. The van der Waals surface area contributed by atoms with E-state index < -0.39 is 10.0 Å². The molecule has 0 amide bonds. The summed E-state index contributed by atoms with van der Waals surface area (Å²) in [6.45, 7) is 3.44. The Bertz CT molecular complexity index is 435. The number of hydrogen-bond donors (Lipinski definition) is 1. The van der Waals surface area contributed by atoms with Gasteiger partial charge in [0.15, 0.2) is 0 Å². The second kappa shape index (κ2) is 3.68. The molecule has 14 heavy (non-hydrogen) atoms. The molecule has 0 aliphatic carbocycles. The Kier molecular flexibility index (Phi) is 2.93. The second-order valence-corrected chi connectivity index (χ2v) is 4.46. The van der Waals surface area contributed by atoms with Crippen LogP contribution in [0, 0.1) is 13.8 Å². The van der Waals surface area contributed by atoms with Crippen molar-refractivity contribution in [2.75, 3.05) is 7.11 Å². The van der Waals surface area contributed by atoms with Gasteiger partial charge in [0, 0.05) is 7.11 Å². The zero-order valence-corrected chi connectivity index (χ0v) is 9.13. The first-order valence-corrected chi connectivity index (χ1v) is 5.48. The van der Waals surface area contributed by atoms with Crippen molar-refractivity contribution < 1.29 is 13.2 Å². The van der Waals surface area contributed by atoms with E-state index in [1.807, 2.05) is 0 Å². The fraction of sp³-hybridized carbons (Fsp3) is 0.571. The van der Waals surface area contributed by atoms with Gasteiger partial charge >= 0.3 is 0 Å². The third-order valence-corrected chi connectivity index (χ3v) is 3.01.